The summed E-state index contributed by atoms with van der Waals surface area (Å²) in [5.74, 6) is 0.276. The fraction of sp³-hybridized carbons (Fsp3) is 0.636. The van der Waals surface area contributed by atoms with Gasteiger partial charge in [-0.3, -0.25) is 0 Å². The van der Waals surface area contributed by atoms with Crippen molar-refractivity contribution in [3.8, 4) is 0 Å². The van der Waals surface area contributed by atoms with Gasteiger partial charge in [0.25, 0.3) is 0 Å². The van der Waals surface area contributed by atoms with Crippen LogP contribution >= 0.6 is 0 Å². The lowest BCUT2D eigenvalue weighted by Crippen LogP contribution is -2.37. The molecular formula is C11H18O3. The Morgan fingerprint density at radius 2 is 2.21 bits per heavy atom. The van der Waals surface area contributed by atoms with E-state index in [0.717, 1.165) is 0 Å². The molecule has 3 heteroatoms. The second kappa shape index (κ2) is 4.73. The molecule has 0 spiro atoms. The van der Waals surface area contributed by atoms with Crippen molar-refractivity contribution < 1.29 is 14.9 Å². The molecule has 3 nitrogen and oxygen atoms in total. The fourth-order valence-corrected chi connectivity index (χ4v) is 1.33. The molecular weight excluding hydrogens is 180 g/mol. The predicted molar refractivity (Wildman–Crippen MR) is 54.9 cm³/mol. The first-order valence-electron chi connectivity index (χ1n) is 4.87. The minimum Gasteiger partial charge on any atom is -0.394 e. The van der Waals surface area contributed by atoms with Crippen molar-refractivity contribution in [3.63, 3.8) is 0 Å². The van der Waals surface area contributed by atoms with Gasteiger partial charge in [-0.2, -0.15) is 0 Å². The highest BCUT2D eigenvalue weighted by atomic mass is 16.5. The summed E-state index contributed by atoms with van der Waals surface area (Å²) in [6.07, 6.45) is 7.16. The molecule has 80 valence electrons. The van der Waals surface area contributed by atoms with Crippen LogP contribution < -0.4 is 0 Å². The van der Waals surface area contributed by atoms with Crippen LogP contribution in [0.3, 0.4) is 0 Å². The quantitative estimate of drug-likeness (QED) is 0.705. The molecule has 3 unspecified atom stereocenters. The Hall–Kier alpha value is -0.640. The summed E-state index contributed by atoms with van der Waals surface area (Å²) in [6, 6.07) is 0. The lowest BCUT2D eigenvalue weighted by Gasteiger charge is -2.33. The number of hydrogen-bond acceptors (Lipinski definition) is 3. The van der Waals surface area contributed by atoms with E-state index in [-0.39, 0.29) is 24.7 Å². The largest absolute Gasteiger partial charge is 0.394 e. The Morgan fingerprint density at radius 1 is 1.50 bits per heavy atom. The molecule has 0 saturated carbocycles. The molecule has 1 aliphatic rings. The van der Waals surface area contributed by atoms with Crippen LogP contribution in [0.25, 0.3) is 0 Å². The van der Waals surface area contributed by atoms with E-state index in [0.29, 0.717) is 0 Å². The van der Waals surface area contributed by atoms with E-state index < -0.39 is 6.10 Å². The second-order valence-electron chi connectivity index (χ2n) is 3.86. The highest BCUT2D eigenvalue weighted by molar-refractivity contribution is 5.20. The van der Waals surface area contributed by atoms with Crippen molar-refractivity contribution in [1.82, 2.24) is 0 Å². The third-order valence-electron chi connectivity index (χ3n) is 2.64. The third-order valence-corrected chi connectivity index (χ3v) is 2.64. The first kappa shape index (κ1) is 11.4. The maximum absolute atomic E-state index is 9.17. The zero-order valence-electron chi connectivity index (χ0n) is 8.68. The Balaban J connectivity index is 2.49. The molecule has 0 bridgehead atoms. The minimum atomic E-state index is -0.793. The maximum atomic E-state index is 9.17. The van der Waals surface area contributed by atoms with Crippen molar-refractivity contribution in [1.29, 1.82) is 0 Å². The fourth-order valence-electron chi connectivity index (χ4n) is 1.33. The minimum absolute atomic E-state index is 0.162. The van der Waals surface area contributed by atoms with Gasteiger partial charge >= 0.3 is 0 Å². The third kappa shape index (κ3) is 2.67. The molecule has 14 heavy (non-hydrogen) atoms. The average molecular weight is 198 g/mol. The van der Waals surface area contributed by atoms with Gasteiger partial charge in [0.2, 0.25) is 0 Å². The highest BCUT2D eigenvalue weighted by Gasteiger charge is 2.29. The van der Waals surface area contributed by atoms with E-state index in [1.807, 2.05) is 25.2 Å². The molecule has 0 radical (unpaired) electrons. The van der Waals surface area contributed by atoms with Crippen molar-refractivity contribution in [2.75, 3.05) is 13.2 Å². The van der Waals surface area contributed by atoms with Gasteiger partial charge in [0.15, 0.2) is 0 Å². The van der Waals surface area contributed by atoms with Crippen molar-refractivity contribution in [2.45, 2.75) is 25.6 Å². The average Bonchev–Trinajstić information content (AvgIpc) is 2.19. The van der Waals surface area contributed by atoms with Crippen LogP contribution in [0.1, 0.15) is 13.8 Å². The van der Waals surface area contributed by atoms with Crippen LogP contribution in [0.4, 0.5) is 0 Å². The summed E-state index contributed by atoms with van der Waals surface area (Å²) in [5, 5.41) is 17.8. The van der Waals surface area contributed by atoms with E-state index in [2.05, 4.69) is 13.0 Å². The molecule has 1 rings (SSSR count). The molecule has 2 N–H and O–H groups in total. The smallest absolute Gasteiger partial charge is 0.100 e. The van der Waals surface area contributed by atoms with Crippen LogP contribution in [-0.4, -0.2) is 35.1 Å². The van der Waals surface area contributed by atoms with Crippen LogP contribution in [0.5, 0.6) is 0 Å². The normalized spacial score (nSPS) is 33.3. The van der Waals surface area contributed by atoms with Gasteiger partial charge in [-0.15, -0.1) is 0 Å². The molecule has 1 aliphatic carbocycles. The van der Waals surface area contributed by atoms with E-state index in [1.54, 1.807) is 0 Å². The molecule has 0 saturated heterocycles. The van der Waals surface area contributed by atoms with E-state index in [1.165, 1.54) is 0 Å². The van der Waals surface area contributed by atoms with E-state index in [9.17, 15) is 5.11 Å². The molecule has 0 aromatic carbocycles. The number of rotatable bonds is 4. The summed E-state index contributed by atoms with van der Waals surface area (Å²) in [5.41, 5.74) is -0.370. The molecule has 0 fully saturated rings. The lowest BCUT2D eigenvalue weighted by molar-refractivity contribution is -0.0714. The van der Waals surface area contributed by atoms with Gasteiger partial charge in [0.05, 0.1) is 18.8 Å². The number of aliphatic hydroxyl groups excluding tert-OH is 2. The Bertz CT molecular complexity index is 235. The first-order valence-corrected chi connectivity index (χ1v) is 4.87. The Labute approximate surface area is 84.7 Å². The number of hydrogen-bond donors (Lipinski definition) is 2. The monoisotopic (exact) mass is 198 g/mol. The maximum Gasteiger partial charge on any atom is 0.100 e. The van der Waals surface area contributed by atoms with Gasteiger partial charge in [-0.1, -0.05) is 31.2 Å². The zero-order valence-corrected chi connectivity index (χ0v) is 8.68. The lowest BCUT2D eigenvalue weighted by atomic mass is 9.87. The predicted octanol–water partition coefficient (Wildman–Crippen LogP) is 0.877. The van der Waals surface area contributed by atoms with Gasteiger partial charge in [0, 0.05) is 5.92 Å². The van der Waals surface area contributed by atoms with Crippen LogP contribution in [-0.2, 0) is 4.74 Å². The topological polar surface area (TPSA) is 49.7 Å². The molecule has 0 heterocycles. The van der Waals surface area contributed by atoms with Crippen molar-refractivity contribution in [2.24, 2.45) is 5.92 Å². The van der Waals surface area contributed by atoms with Gasteiger partial charge in [-0.25, -0.2) is 0 Å². The molecule has 0 aromatic heterocycles. The number of ether oxygens (including phenoxy) is 1. The summed E-state index contributed by atoms with van der Waals surface area (Å²) < 4.78 is 5.59. The van der Waals surface area contributed by atoms with Crippen LogP contribution in [0.15, 0.2) is 24.3 Å². The summed E-state index contributed by atoms with van der Waals surface area (Å²) in [7, 11) is 0. The molecule has 0 aliphatic heterocycles. The van der Waals surface area contributed by atoms with Crippen molar-refractivity contribution >= 4 is 0 Å². The standard InChI is InChI=1S/C11H18O3/c1-9-5-3-4-6-11(9,2)14-8-10(13)7-12/h3-6,9-10,12-13H,7-8H2,1-2H3. The van der Waals surface area contributed by atoms with Gasteiger partial charge in [-0.05, 0) is 6.92 Å². The second-order valence-corrected chi connectivity index (χ2v) is 3.86. The number of allylic oxidation sites excluding steroid dienone is 2. The highest BCUT2D eigenvalue weighted by Crippen LogP contribution is 2.27. The Kier molecular flexibility index (Phi) is 3.86. The Morgan fingerprint density at radius 3 is 2.79 bits per heavy atom. The zero-order chi connectivity index (χ0) is 10.6. The van der Waals surface area contributed by atoms with E-state index >= 15 is 0 Å². The molecule has 3 atom stereocenters. The summed E-state index contributed by atoms with van der Waals surface area (Å²) >= 11 is 0. The SMILES string of the molecule is CC1C=CC=CC1(C)OCC(O)CO. The van der Waals surface area contributed by atoms with Gasteiger partial charge < -0.3 is 14.9 Å². The van der Waals surface area contributed by atoms with Crippen molar-refractivity contribution in [3.05, 3.63) is 24.3 Å². The van der Waals surface area contributed by atoms with Crippen LogP contribution in [0, 0.1) is 5.92 Å². The van der Waals surface area contributed by atoms with Crippen LogP contribution in [0.2, 0.25) is 0 Å². The molecule has 0 aromatic rings. The first-order chi connectivity index (χ1) is 6.58. The molecule has 0 amide bonds. The van der Waals surface area contributed by atoms with Gasteiger partial charge in [0.1, 0.15) is 6.10 Å². The summed E-state index contributed by atoms with van der Waals surface area (Å²) in [6.45, 7) is 3.94. The number of aliphatic hydroxyl groups is 2. The van der Waals surface area contributed by atoms with E-state index in [4.69, 9.17) is 9.84 Å². The summed E-state index contributed by atoms with van der Waals surface area (Å²) in [4.78, 5) is 0.